The number of carbonyl (C=O) groups is 1. The Morgan fingerprint density at radius 2 is 2.32 bits per heavy atom. The summed E-state index contributed by atoms with van der Waals surface area (Å²) in [6.07, 6.45) is 11.0. The maximum atomic E-state index is 11.4. The highest BCUT2D eigenvalue weighted by Crippen LogP contribution is 2.46. The molecular weight excluding hydrogens is 316 g/mol. The summed E-state index contributed by atoms with van der Waals surface area (Å²) in [6, 6.07) is 2.14. The fraction of sp³-hybridized carbons (Fsp3) is 0.667. The van der Waals surface area contributed by atoms with Crippen LogP contribution < -0.4 is 0 Å². The van der Waals surface area contributed by atoms with Crippen LogP contribution in [-0.4, -0.2) is 25.8 Å². The van der Waals surface area contributed by atoms with Crippen molar-refractivity contribution in [2.45, 2.75) is 58.0 Å². The van der Waals surface area contributed by atoms with Crippen LogP contribution >= 0.6 is 0 Å². The second-order valence-corrected chi connectivity index (χ2v) is 7.53. The Morgan fingerprint density at radius 1 is 1.48 bits per heavy atom. The first-order valence-corrected chi connectivity index (χ1v) is 9.55. The number of allylic oxidation sites excluding steroid dienone is 2. The lowest BCUT2D eigenvalue weighted by Gasteiger charge is -2.42. The van der Waals surface area contributed by atoms with Crippen molar-refractivity contribution in [3.05, 3.63) is 35.8 Å². The van der Waals surface area contributed by atoms with Crippen LogP contribution in [0.15, 0.2) is 28.9 Å². The second-order valence-electron chi connectivity index (χ2n) is 7.53. The fourth-order valence-electron chi connectivity index (χ4n) is 4.15. The van der Waals surface area contributed by atoms with Gasteiger partial charge in [0, 0.05) is 24.3 Å². The number of fused-ring (bicyclic) bond motifs is 2. The average Bonchev–Trinajstić information content (AvgIpc) is 3.10. The van der Waals surface area contributed by atoms with E-state index in [1.165, 1.54) is 12.7 Å². The molecule has 4 nitrogen and oxygen atoms in total. The zero-order valence-corrected chi connectivity index (χ0v) is 15.6. The standard InChI is InChI=1S/C21H30O4/c1-4-14(2)5-7-17-18-9-10-24-20(18)11-15-13-25-16(12-19(15)17)6-8-21(22)23-3/h5,7,9-10,14-17,19H,4,6,8,11-13H2,1-3H3/b7-5+. The molecular formula is C21H30O4. The summed E-state index contributed by atoms with van der Waals surface area (Å²) in [5, 5.41) is 0. The van der Waals surface area contributed by atoms with Crippen LogP contribution in [0.2, 0.25) is 0 Å². The lowest BCUT2D eigenvalue weighted by Crippen LogP contribution is -2.40. The molecule has 1 aromatic heterocycles. The largest absolute Gasteiger partial charge is 0.469 e. The third kappa shape index (κ3) is 4.17. The van der Waals surface area contributed by atoms with Gasteiger partial charge in [0.1, 0.15) is 5.76 Å². The molecule has 2 aliphatic rings. The summed E-state index contributed by atoms with van der Waals surface area (Å²) >= 11 is 0. The van der Waals surface area contributed by atoms with Crippen molar-refractivity contribution in [3.8, 4) is 0 Å². The van der Waals surface area contributed by atoms with Crippen molar-refractivity contribution in [1.82, 2.24) is 0 Å². The topological polar surface area (TPSA) is 48.7 Å². The van der Waals surface area contributed by atoms with Crippen LogP contribution in [0, 0.1) is 17.8 Å². The van der Waals surface area contributed by atoms with Crippen molar-refractivity contribution in [3.63, 3.8) is 0 Å². The minimum atomic E-state index is -0.153. The van der Waals surface area contributed by atoms with E-state index >= 15 is 0 Å². The summed E-state index contributed by atoms with van der Waals surface area (Å²) in [5.74, 6) is 3.01. The van der Waals surface area contributed by atoms with Gasteiger partial charge in [-0.25, -0.2) is 0 Å². The zero-order chi connectivity index (χ0) is 17.8. The number of hydrogen-bond acceptors (Lipinski definition) is 4. The number of esters is 1. The molecule has 0 N–H and O–H groups in total. The predicted octanol–water partition coefficient (Wildman–Crippen LogP) is 4.50. The molecule has 1 aromatic rings. The number of rotatable bonds is 6. The Labute approximate surface area is 150 Å². The highest BCUT2D eigenvalue weighted by Gasteiger charge is 2.41. The lowest BCUT2D eigenvalue weighted by molar-refractivity contribution is -0.142. The van der Waals surface area contributed by atoms with Gasteiger partial charge in [0.05, 0.1) is 26.1 Å². The molecule has 3 rings (SSSR count). The van der Waals surface area contributed by atoms with Gasteiger partial charge in [0.2, 0.25) is 0 Å². The fourth-order valence-corrected chi connectivity index (χ4v) is 4.15. The monoisotopic (exact) mass is 346 g/mol. The van der Waals surface area contributed by atoms with E-state index in [0.29, 0.717) is 30.1 Å². The van der Waals surface area contributed by atoms with Crippen molar-refractivity contribution >= 4 is 5.97 Å². The Kier molecular flexibility index (Phi) is 6.00. The minimum Gasteiger partial charge on any atom is -0.469 e. The summed E-state index contributed by atoms with van der Waals surface area (Å²) in [6.45, 7) is 5.24. The number of hydrogen-bond donors (Lipinski definition) is 0. The molecule has 0 saturated carbocycles. The molecule has 2 heterocycles. The molecule has 25 heavy (non-hydrogen) atoms. The number of carbonyl (C=O) groups excluding carboxylic acids is 1. The Bertz CT molecular complexity index is 603. The van der Waals surface area contributed by atoms with E-state index in [4.69, 9.17) is 13.9 Å². The highest BCUT2D eigenvalue weighted by molar-refractivity contribution is 5.69. The molecule has 0 radical (unpaired) electrons. The van der Waals surface area contributed by atoms with Crippen molar-refractivity contribution in [2.75, 3.05) is 13.7 Å². The molecule has 1 aliphatic heterocycles. The van der Waals surface area contributed by atoms with Gasteiger partial charge in [0.25, 0.3) is 0 Å². The summed E-state index contributed by atoms with van der Waals surface area (Å²) in [4.78, 5) is 11.4. The minimum absolute atomic E-state index is 0.147. The summed E-state index contributed by atoms with van der Waals surface area (Å²) < 4.78 is 16.6. The van der Waals surface area contributed by atoms with Gasteiger partial charge in [0.15, 0.2) is 0 Å². The maximum Gasteiger partial charge on any atom is 0.305 e. The summed E-state index contributed by atoms with van der Waals surface area (Å²) in [7, 11) is 1.44. The maximum absolute atomic E-state index is 11.4. The van der Waals surface area contributed by atoms with Crippen LogP contribution in [0.1, 0.15) is 56.8 Å². The highest BCUT2D eigenvalue weighted by atomic mass is 16.5. The quantitative estimate of drug-likeness (QED) is 0.562. The molecule has 5 atom stereocenters. The Hall–Kier alpha value is -1.55. The molecule has 1 saturated heterocycles. The van der Waals surface area contributed by atoms with Crippen LogP contribution in [0.5, 0.6) is 0 Å². The van der Waals surface area contributed by atoms with Gasteiger partial charge in [-0.3, -0.25) is 4.79 Å². The van der Waals surface area contributed by atoms with E-state index < -0.39 is 0 Å². The lowest BCUT2D eigenvalue weighted by atomic mass is 9.67. The van der Waals surface area contributed by atoms with E-state index in [2.05, 4.69) is 32.1 Å². The van der Waals surface area contributed by atoms with Crippen LogP contribution in [-0.2, 0) is 20.7 Å². The van der Waals surface area contributed by atoms with Crippen molar-refractivity contribution < 1.29 is 18.7 Å². The third-order valence-corrected chi connectivity index (χ3v) is 5.92. The molecule has 138 valence electrons. The van der Waals surface area contributed by atoms with Gasteiger partial charge >= 0.3 is 5.97 Å². The van der Waals surface area contributed by atoms with Gasteiger partial charge < -0.3 is 13.9 Å². The second kappa shape index (κ2) is 8.22. The average molecular weight is 346 g/mol. The molecule has 0 aromatic carbocycles. The first-order chi connectivity index (χ1) is 12.1. The first kappa shape index (κ1) is 18.2. The predicted molar refractivity (Wildman–Crippen MR) is 96.3 cm³/mol. The SMILES string of the molecule is CCC(C)/C=C/C1c2ccoc2CC2COC(CCC(=O)OC)CC21. The van der Waals surface area contributed by atoms with E-state index in [1.807, 2.05) is 6.26 Å². The number of methoxy groups -OCH3 is 1. The van der Waals surface area contributed by atoms with E-state index in [0.717, 1.165) is 38.1 Å². The van der Waals surface area contributed by atoms with Gasteiger partial charge in [-0.15, -0.1) is 0 Å². The molecule has 1 aliphatic carbocycles. The van der Waals surface area contributed by atoms with Crippen LogP contribution in [0.4, 0.5) is 0 Å². The molecule has 5 unspecified atom stereocenters. The van der Waals surface area contributed by atoms with Gasteiger partial charge in [-0.1, -0.05) is 32.4 Å². The van der Waals surface area contributed by atoms with Crippen LogP contribution in [0.25, 0.3) is 0 Å². The van der Waals surface area contributed by atoms with E-state index in [-0.39, 0.29) is 12.1 Å². The molecule has 1 fully saturated rings. The molecule has 0 bridgehead atoms. The Morgan fingerprint density at radius 3 is 3.08 bits per heavy atom. The third-order valence-electron chi connectivity index (χ3n) is 5.92. The van der Waals surface area contributed by atoms with Crippen molar-refractivity contribution in [1.29, 1.82) is 0 Å². The zero-order valence-electron chi connectivity index (χ0n) is 15.6. The normalized spacial score (nSPS) is 29.9. The summed E-state index contributed by atoms with van der Waals surface area (Å²) in [5.41, 5.74) is 1.34. The molecule has 0 amide bonds. The van der Waals surface area contributed by atoms with E-state index in [1.54, 1.807) is 0 Å². The smallest absolute Gasteiger partial charge is 0.305 e. The van der Waals surface area contributed by atoms with E-state index in [9.17, 15) is 4.79 Å². The number of furan rings is 1. The Balaban J connectivity index is 1.74. The number of ether oxygens (including phenoxy) is 2. The van der Waals surface area contributed by atoms with Crippen molar-refractivity contribution in [2.24, 2.45) is 17.8 Å². The molecule has 4 heteroatoms. The first-order valence-electron chi connectivity index (χ1n) is 9.55. The van der Waals surface area contributed by atoms with Gasteiger partial charge in [-0.2, -0.15) is 0 Å². The van der Waals surface area contributed by atoms with Crippen LogP contribution in [0.3, 0.4) is 0 Å². The van der Waals surface area contributed by atoms with Gasteiger partial charge in [-0.05, 0) is 36.7 Å². The molecule has 0 spiro atoms.